The molecule has 4 N–H and O–H groups in total. The lowest BCUT2D eigenvalue weighted by Gasteiger charge is -2.41. The van der Waals surface area contributed by atoms with Crippen molar-refractivity contribution in [3.63, 3.8) is 0 Å². The summed E-state index contributed by atoms with van der Waals surface area (Å²) in [7, 11) is 8.45. The summed E-state index contributed by atoms with van der Waals surface area (Å²) in [6.07, 6.45) is 1.10. The van der Waals surface area contributed by atoms with E-state index in [4.69, 9.17) is 9.47 Å². The molecular formula is C37H70N6O8. The zero-order valence-electron chi connectivity index (χ0n) is 33.8. The fourth-order valence-electron chi connectivity index (χ4n) is 7.50. The molecular weight excluding hydrogens is 656 g/mol. The lowest BCUT2D eigenvalue weighted by molar-refractivity contribution is -0.148. The maximum absolute atomic E-state index is 14.2. The highest BCUT2D eigenvalue weighted by atomic mass is 16.5. The normalized spacial score (nSPS) is 19.7. The van der Waals surface area contributed by atoms with Crippen LogP contribution in [0.25, 0.3) is 0 Å². The number of nitrogens with one attached hydrogen (secondary N) is 3. The standard InChI is InChI=1S/C37H70N6O8/c1-15-24(8)32(42(12)37(48)30(22(4)5)39-36(47)31(23(6)7)41(10)11)28(50-13)20-29(44)43-18-16-17-27(43)33(51-14)25(9)34(45)38-26(19-21(2)3)35(46)40-49/h21-28,30-33,49H,15-20H2,1-14H3,(H,38,45)(H,39,47)(H,40,46)/t24-,25+,26-,27-,28+,30-,31-,32-,33+/m0/s1. The highest BCUT2D eigenvalue weighted by Gasteiger charge is 2.43. The molecule has 5 amide bonds. The van der Waals surface area contributed by atoms with E-state index in [9.17, 15) is 29.2 Å². The zero-order chi connectivity index (χ0) is 39.3. The summed E-state index contributed by atoms with van der Waals surface area (Å²) in [5.41, 5.74) is 1.63. The molecule has 0 aliphatic carbocycles. The van der Waals surface area contributed by atoms with Gasteiger partial charge in [-0.2, -0.15) is 0 Å². The van der Waals surface area contributed by atoms with E-state index in [-0.39, 0.29) is 47.8 Å². The second kappa shape index (κ2) is 21.7. The van der Waals surface area contributed by atoms with Crippen molar-refractivity contribution in [1.29, 1.82) is 0 Å². The van der Waals surface area contributed by atoms with Crippen molar-refractivity contribution in [1.82, 2.24) is 30.8 Å². The number of ether oxygens (including phenoxy) is 2. The van der Waals surface area contributed by atoms with Crippen LogP contribution in [0, 0.1) is 29.6 Å². The first kappa shape index (κ1) is 46.2. The number of hydroxylamine groups is 1. The van der Waals surface area contributed by atoms with E-state index in [2.05, 4.69) is 10.6 Å². The first-order valence-corrected chi connectivity index (χ1v) is 18.6. The topological polar surface area (TPSA) is 170 Å². The summed E-state index contributed by atoms with van der Waals surface area (Å²) >= 11 is 0. The Labute approximate surface area is 307 Å². The Morgan fingerprint density at radius 1 is 0.863 bits per heavy atom. The lowest BCUT2D eigenvalue weighted by atomic mass is 9.89. The van der Waals surface area contributed by atoms with Gasteiger partial charge >= 0.3 is 0 Å². The third-order valence-corrected chi connectivity index (χ3v) is 10.4. The summed E-state index contributed by atoms with van der Waals surface area (Å²) in [5.74, 6) is -2.56. The van der Waals surface area contributed by atoms with E-state index in [1.54, 1.807) is 36.4 Å². The van der Waals surface area contributed by atoms with Crippen molar-refractivity contribution < 1.29 is 38.7 Å². The molecule has 14 heteroatoms. The number of methoxy groups -OCH3 is 2. The molecule has 0 aromatic carbocycles. The number of likely N-dealkylation sites (tertiary alicyclic amines) is 1. The summed E-state index contributed by atoms with van der Waals surface area (Å²) < 4.78 is 11.8. The van der Waals surface area contributed by atoms with Gasteiger partial charge in [0.15, 0.2) is 0 Å². The van der Waals surface area contributed by atoms with E-state index in [1.165, 1.54) is 7.11 Å². The third-order valence-electron chi connectivity index (χ3n) is 10.4. The average Bonchev–Trinajstić information content (AvgIpc) is 3.54. The minimum absolute atomic E-state index is 0.00146. The van der Waals surface area contributed by atoms with Crippen LogP contribution < -0.4 is 16.1 Å². The molecule has 1 saturated heterocycles. The fraction of sp³-hybridized carbons (Fsp3) is 0.865. The highest BCUT2D eigenvalue weighted by Crippen LogP contribution is 2.30. The number of amides is 5. The van der Waals surface area contributed by atoms with Gasteiger partial charge in [-0.15, -0.1) is 0 Å². The van der Waals surface area contributed by atoms with Crippen LogP contribution in [0.5, 0.6) is 0 Å². The van der Waals surface area contributed by atoms with Crippen LogP contribution in [0.1, 0.15) is 94.4 Å². The molecule has 0 aromatic heterocycles. The molecule has 0 unspecified atom stereocenters. The van der Waals surface area contributed by atoms with Crippen molar-refractivity contribution in [2.45, 2.75) is 137 Å². The molecule has 0 saturated carbocycles. The molecule has 1 aliphatic rings. The summed E-state index contributed by atoms with van der Waals surface area (Å²) in [6, 6.07) is -2.96. The number of carbonyl (C=O) groups is 5. The van der Waals surface area contributed by atoms with Gasteiger partial charge in [-0.25, -0.2) is 5.48 Å². The molecule has 9 atom stereocenters. The predicted molar refractivity (Wildman–Crippen MR) is 197 cm³/mol. The van der Waals surface area contributed by atoms with Gasteiger partial charge in [0.1, 0.15) is 12.1 Å². The van der Waals surface area contributed by atoms with Gasteiger partial charge < -0.3 is 29.9 Å². The monoisotopic (exact) mass is 727 g/mol. The van der Waals surface area contributed by atoms with Crippen molar-refractivity contribution in [2.75, 3.05) is 41.9 Å². The summed E-state index contributed by atoms with van der Waals surface area (Å²) in [6.45, 7) is 17.8. The Morgan fingerprint density at radius 3 is 1.92 bits per heavy atom. The zero-order valence-corrected chi connectivity index (χ0v) is 33.8. The predicted octanol–water partition coefficient (Wildman–Crippen LogP) is 2.67. The molecule has 1 rings (SSSR count). The second-order valence-corrected chi connectivity index (χ2v) is 15.6. The Balaban J connectivity index is 3.28. The summed E-state index contributed by atoms with van der Waals surface area (Å²) in [5, 5.41) is 15.0. The molecule has 0 spiro atoms. The number of hydrogen-bond acceptors (Lipinski definition) is 9. The first-order valence-electron chi connectivity index (χ1n) is 18.6. The van der Waals surface area contributed by atoms with Gasteiger partial charge in [0, 0.05) is 27.8 Å². The Morgan fingerprint density at radius 2 is 1.47 bits per heavy atom. The van der Waals surface area contributed by atoms with Crippen molar-refractivity contribution in [2.24, 2.45) is 29.6 Å². The quantitative estimate of drug-likeness (QED) is 0.103. The second-order valence-electron chi connectivity index (χ2n) is 15.6. The van der Waals surface area contributed by atoms with Gasteiger partial charge in [-0.3, -0.25) is 34.1 Å². The molecule has 0 aromatic rings. The van der Waals surface area contributed by atoms with Gasteiger partial charge in [-0.1, -0.05) is 68.7 Å². The number of carbonyl (C=O) groups excluding carboxylic acids is 5. The van der Waals surface area contributed by atoms with Crippen molar-refractivity contribution in [3.8, 4) is 0 Å². The smallest absolute Gasteiger partial charge is 0.265 e. The molecule has 1 aliphatic heterocycles. The van der Waals surface area contributed by atoms with Crippen LogP contribution in [0.3, 0.4) is 0 Å². The SMILES string of the molecule is CC[C@H](C)[C@@H]([C@@H](CC(=O)N1CCC[C@H]1[C@H](OC)[C@@H](C)C(=O)N[C@@H](CC(C)C)C(=O)NO)OC)N(C)C(=O)[C@@H](NC(=O)[C@H](C(C)C)N(C)C)C(C)C. The van der Waals surface area contributed by atoms with Gasteiger partial charge in [0.2, 0.25) is 23.6 Å². The van der Waals surface area contributed by atoms with Crippen LogP contribution in [0.4, 0.5) is 0 Å². The largest absolute Gasteiger partial charge is 0.379 e. The van der Waals surface area contributed by atoms with Crippen LogP contribution in [0.2, 0.25) is 0 Å². The number of nitrogens with zero attached hydrogens (tertiary/aromatic N) is 3. The molecule has 51 heavy (non-hydrogen) atoms. The fourth-order valence-corrected chi connectivity index (χ4v) is 7.50. The molecule has 1 fully saturated rings. The van der Waals surface area contributed by atoms with Crippen molar-refractivity contribution in [3.05, 3.63) is 0 Å². The maximum atomic E-state index is 14.2. The molecule has 1 heterocycles. The van der Waals surface area contributed by atoms with E-state index in [0.29, 0.717) is 19.4 Å². The number of rotatable bonds is 21. The number of likely N-dealkylation sites (N-methyl/N-ethyl adjacent to an activating group) is 2. The highest BCUT2D eigenvalue weighted by molar-refractivity contribution is 5.90. The minimum atomic E-state index is -0.920. The molecule has 0 bridgehead atoms. The van der Waals surface area contributed by atoms with Crippen LogP contribution in [0.15, 0.2) is 0 Å². The first-order chi connectivity index (χ1) is 23.8. The van der Waals surface area contributed by atoms with E-state index in [0.717, 1.165) is 12.8 Å². The van der Waals surface area contributed by atoms with Gasteiger partial charge in [-0.05, 0) is 57.0 Å². The average molecular weight is 727 g/mol. The molecule has 296 valence electrons. The van der Waals surface area contributed by atoms with Crippen LogP contribution >= 0.6 is 0 Å². The Bertz CT molecular complexity index is 1130. The third kappa shape index (κ3) is 12.7. The minimum Gasteiger partial charge on any atom is -0.379 e. The number of hydrogen-bond donors (Lipinski definition) is 4. The van der Waals surface area contributed by atoms with Crippen LogP contribution in [-0.2, 0) is 33.4 Å². The Hall–Kier alpha value is -2.81. The van der Waals surface area contributed by atoms with Gasteiger partial charge in [0.05, 0.1) is 42.7 Å². The van der Waals surface area contributed by atoms with Crippen molar-refractivity contribution >= 4 is 29.5 Å². The van der Waals surface area contributed by atoms with Gasteiger partial charge in [0.25, 0.3) is 5.91 Å². The van der Waals surface area contributed by atoms with E-state index >= 15 is 0 Å². The van der Waals surface area contributed by atoms with E-state index < -0.39 is 60.1 Å². The van der Waals surface area contributed by atoms with Crippen LogP contribution in [-0.4, -0.2) is 134 Å². The van der Waals surface area contributed by atoms with E-state index in [1.807, 2.05) is 74.4 Å². The molecule has 14 nitrogen and oxygen atoms in total. The Kier molecular flexibility index (Phi) is 19.6. The summed E-state index contributed by atoms with van der Waals surface area (Å²) in [4.78, 5) is 72.6. The maximum Gasteiger partial charge on any atom is 0.265 e. The lowest BCUT2D eigenvalue weighted by Crippen LogP contribution is -2.59. The molecule has 0 radical (unpaired) electrons.